The minimum Gasteiger partial charge on any atom is -0.464 e. The highest BCUT2D eigenvalue weighted by molar-refractivity contribution is 5.93. The van der Waals surface area contributed by atoms with Crippen molar-refractivity contribution in [3.05, 3.63) is 12.7 Å². The Labute approximate surface area is 112 Å². The number of hydrogen-bond acceptors (Lipinski definition) is 5. The third-order valence-corrected chi connectivity index (χ3v) is 3.71. The predicted molar refractivity (Wildman–Crippen MR) is 68.2 cm³/mol. The number of carbonyl (C=O) groups excluding carboxylic acids is 2. The van der Waals surface area contributed by atoms with Gasteiger partial charge in [0.25, 0.3) is 0 Å². The van der Waals surface area contributed by atoms with Gasteiger partial charge in [-0.15, -0.1) is 6.58 Å². The molecule has 2 unspecified atom stereocenters. The lowest BCUT2D eigenvalue weighted by molar-refractivity contribution is -0.149. The van der Waals surface area contributed by atoms with Gasteiger partial charge in [-0.25, -0.2) is 4.79 Å². The maximum absolute atomic E-state index is 12.1. The third kappa shape index (κ3) is 2.64. The molecule has 106 valence electrons. The van der Waals surface area contributed by atoms with Crippen LogP contribution in [0.4, 0.5) is 0 Å². The summed E-state index contributed by atoms with van der Waals surface area (Å²) in [5.74, 6) is -0.762. The molecule has 3 N–H and O–H groups in total. The third-order valence-electron chi connectivity index (χ3n) is 3.71. The Morgan fingerprint density at radius 1 is 1.63 bits per heavy atom. The first-order valence-corrected chi connectivity index (χ1v) is 6.56. The number of aliphatic hydroxyl groups is 1. The van der Waals surface area contributed by atoms with Gasteiger partial charge in [0.2, 0.25) is 5.91 Å². The minimum atomic E-state index is -0.954. The summed E-state index contributed by atoms with van der Waals surface area (Å²) in [6, 6.07) is -0.452. The fourth-order valence-electron chi connectivity index (χ4n) is 2.49. The molecule has 6 heteroatoms. The highest BCUT2D eigenvalue weighted by Gasteiger charge is 2.61. The van der Waals surface area contributed by atoms with Crippen LogP contribution in [0.15, 0.2) is 12.7 Å². The zero-order valence-electron chi connectivity index (χ0n) is 11.0. The van der Waals surface area contributed by atoms with E-state index in [1.165, 1.54) is 0 Å². The Bertz CT molecular complexity index is 398. The summed E-state index contributed by atoms with van der Waals surface area (Å²) in [6.45, 7) is 6.07. The van der Waals surface area contributed by atoms with Crippen LogP contribution < -0.4 is 10.6 Å². The molecule has 1 aliphatic heterocycles. The second-order valence-corrected chi connectivity index (χ2v) is 5.08. The molecule has 1 saturated heterocycles. The summed E-state index contributed by atoms with van der Waals surface area (Å²) < 4.78 is 5.01. The van der Waals surface area contributed by atoms with E-state index in [1.54, 1.807) is 13.0 Å². The van der Waals surface area contributed by atoms with Gasteiger partial charge in [0.15, 0.2) is 0 Å². The quantitative estimate of drug-likeness (QED) is 0.455. The minimum absolute atomic E-state index is 0.0816. The Balaban J connectivity index is 2.00. The number of carbonyl (C=O) groups is 2. The van der Waals surface area contributed by atoms with Crippen LogP contribution in [0.1, 0.15) is 19.8 Å². The van der Waals surface area contributed by atoms with Crippen molar-refractivity contribution in [3.63, 3.8) is 0 Å². The van der Waals surface area contributed by atoms with E-state index in [0.717, 1.165) is 0 Å². The maximum Gasteiger partial charge on any atom is 0.332 e. The van der Waals surface area contributed by atoms with Crippen LogP contribution in [0.5, 0.6) is 0 Å². The Hall–Kier alpha value is -1.40. The van der Waals surface area contributed by atoms with E-state index in [2.05, 4.69) is 17.2 Å². The van der Waals surface area contributed by atoms with Gasteiger partial charge in [-0.2, -0.15) is 0 Å². The molecule has 1 aliphatic carbocycles. The van der Waals surface area contributed by atoms with Crippen molar-refractivity contribution >= 4 is 11.9 Å². The topological polar surface area (TPSA) is 87.7 Å². The molecule has 1 heterocycles. The van der Waals surface area contributed by atoms with Crippen molar-refractivity contribution in [1.82, 2.24) is 10.6 Å². The Morgan fingerprint density at radius 2 is 2.37 bits per heavy atom. The number of nitrogens with one attached hydrogen (secondary N) is 2. The lowest BCUT2D eigenvalue weighted by Gasteiger charge is -2.19. The number of aliphatic hydroxyl groups excluding tert-OH is 1. The molecule has 1 amide bonds. The number of hydrogen-bond donors (Lipinski definition) is 3. The highest BCUT2D eigenvalue weighted by atomic mass is 16.5. The van der Waals surface area contributed by atoms with Crippen LogP contribution in [0, 0.1) is 5.92 Å². The van der Waals surface area contributed by atoms with Crippen molar-refractivity contribution in [2.24, 2.45) is 5.92 Å². The zero-order valence-corrected chi connectivity index (χ0v) is 11.0. The van der Waals surface area contributed by atoms with Crippen LogP contribution in [0.2, 0.25) is 0 Å². The smallest absolute Gasteiger partial charge is 0.332 e. The van der Waals surface area contributed by atoms with Crippen LogP contribution in [0.3, 0.4) is 0 Å². The molecule has 0 radical (unpaired) electrons. The van der Waals surface area contributed by atoms with Crippen molar-refractivity contribution in [1.29, 1.82) is 0 Å². The van der Waals surface area contributed by atoms with Gasteiger partial charge in [-0.1, -0.05) is 6.08 Å². The molecule has 2 aliphatic rings. The number of esters is 1. The standard InChI is InChI=1S/C13H20N2O4/c1-3-8-6-13(8,12(18)19-4-2)15-11(17)10-5-9(16)7-14-10/h3,8-10,14,16H,1,4-7H2,2H3,(H,15,17)/t8-,9?,10?,13+/m0/s1. The molecule has 0 aromatic rings. The Morgan fingerprint density at radius 3 is 2.84 bits per heavy atom. The monoisotopic (exact) mass is 268 g/mol. The molecule has 19 heavy (non-hydrogen) atoms. The first-order valence-electron chi connectivity index (χ1n) is 6.56. The van der Waals surface area contributed by atoms with Crippen LogP contribution >= 0.6 is 0 Å². The molecular weight excluding hydrogens is 248 g/mol. The average Bonchev–Trinajstić information content (AvgIpc) is 2.92. The molecule has 4 atom stereocenters. The lowest BCUT2D eigenvalue weighted by atomic mass is 10.1. The molecule has 0 aromatic heterocycles. The molecule has 0 bridgehead atoms. The molecule has 2 rings (SSSR count). The molecule has 0 spiro atoms. The predicted octanol–water partition coefficient (Wildman–Crippen LogP) is -0.667. The Kier molecular flexibility index (Phi) is 3.91. The van der Waals surface area contributed by atoms with Crippen molar-refractivity contribution in [2.45, 2.75) is 37.5 Å². The van der Waals surface area contributed by atoms with E-state index < -0.39 is 23.7 Å². The molecule has 6 nitrogen and oxygen atoms in total. The van der Waals surface area contributed by atoms with Gasteiger partial charge in [0.1, 0.15) is 5.54 Å². The van der Waals surface area contributed by atoms with E-state index in [1.807, 2.05) is 0 Å². The molecule has 2 fully saturated rings. The zero-order chi connectivity index (χ0) is 14.0. The number of amides is 1. The first kappa shape index (κ1) is 14.0. The van der Waals surface area contributed by atoms with E-state index in [4.69, 9.17) is 4.74 Å². The fraction of sp³-hybridized carbons (Fsp3) is 0.692. The molecule has 1 saturated carbocycles. The number of rotatable bonds is 5. The highest BCUT2D eigenvalue weighted by Crippen LogP contribution is 2.45. The van der Waals surface area contributed by atoms with Gasteiger partial charge in [-0.05, 0) is 19.8 Å². The summed E-state index contributed by atoms with van der Waals surface area (Å²) in [7, 11) is 0. The van der Waals surface area contributed by atoms with Crippen LogP contribution in [-0.2, 0) is 14.3 Å². The molecule has 0 aromatic carbocycles. The normalized spacial score (nSPS) is 36.6. The second-order valence-electron chi connectivity index (χ2n) is 5.08. The first-order chi connectivity index (χ1) is 9.03. The van der Waals surface area contributed by atoms with E-state index >= 15 is 0 Å². The van der Waals surface area contributed by atoms with Crippen molar-refractivity contribution in [3.8, 4) is 0 Å². The number of ether oxygens (including phenoxy) is 1. The van der Waals surface area contributed by atoms with Crippen LogP contribution in [-0.4, -0.2) is 47.8 Å². The average molecular weight is 268 g/mol. The largest absolute Gasteiger partial charge is 0.464 e. The second kappa shape index (κ2) is 5.30. The van der Waals surface area contributed by atoms with Gasteiger partial charge in [0.05, 0.1) is 18.8 Å². The van der Waals surface area contributed by atoms with E-state index in [9.17, 15) is 14.7 Å². The van der Waals surface area contributed by atoms with E-state index in [0.29, 0.717) is 19.4 Å². The van der Waals surface area contributed by atoms with Gasteiger partial charge >= 0.3 is 5.97 Å². The van der Waals surface area contributed by atoms with Crippen LogP contribution in [0.25, 0.3) is 0 Å². The summed E-state index contributed by atoms with van der Waals surface area (Å²) in [6.07, 6.45) is 2.04. The number of β-amino-alcohol motifs (C(OH)–C–C–N with tert-alkyl or cyclic N) is 1. The van der Waals surface area contributed by atoms with E-state index in [-0.39, 0.29) is 18.4 Å². The summed E-state index contributed by atoms with van der Waals surface area (Å²) in [4.78, 5) is 24.0. The van der Waals surface area contributed by atoms with Gasteiger partial charge in [-0.3, -0.25) is 4.79 Å². The lowest BCUT2D eigenvalue weighted by Crippen LogP contribution is -2.51. The van der Waals surface area contributed by atoms with Crippen molar-refractivity contribution < 1.29 is 19.4 Å². The van der Waals surface area contributed by atoms with Crippen molar-refractivity contribution in [2.75, 3.05) is 13.2 Å². The van der Waals surface area contributed by atoms with Gasteiger partial charge < -0.3 is 20.5 Å². The maximum atomic E-state index is 12.1. The summed E-state index contributed by atoms with van der Waals surface area (Å²) in [5, 5.41) is 15.1. The fourth-order valence-corrected chi connectivity index (χ4v) is 2.49. The summed E-state index contributed by atoms with van der Waals surface area (Å²) in [5.41, 5.74) is -0.954. The molecular formula is C13H20N2O4. The van der Waals surface area contributed by atoms with Gasteiger partial charge in [0, 0.05) is 12.5 Å². The SMILES string of the molecule is C=C[C@H]1C[C@]1(NC(=O)C1CC(O)CN1)C(=O)OCC. The summed E-state index contributed by atoms with van der Waals surface area (Å²) >= 11 is 0.